The minimum atomic E-state index is -0.280. The Kier molecular flexibility index (Phi) is 6.31. The Labute approximate surface area is 185 Å². The zero-order chi connectivity index (χ0) is 22.3. The van der Waals surface area contributed by atoms with Crippen LogP contribution in [0.25, 0.3) is 11.1 Å². The largest absolute Gasteiger partial charge is 0.366 e. The topological polar surface area (TPSA) is 102 Å². The van der Waals surface area contributed by atoms with Crippen molar-refractivity contribution in [2.45, 2.75) is 13.1 Å². The van der Waals surface area contributed by atoms with Crippen LogP contribution in [0.3, 0.4) is 0 Å². The first kappa shape index (κ1) is 20.9. The fourth-order valence-electron chi connectivity index (χ4n) is 3.19. The van der Waals surface area contributed by atoms with Crippen LogP contribution in [0.15, 0.2) is 79.1 Å². The van der Waals surface area contributed by atoms with Crippen molar-refractivity contribution in [1.29, 1.82) is 10.8 Å². The molecule has 0 unspecified atom stereocenters. The second-order valence-electron chi connectivity index (χ2n) is 7.20. The van der Waals surface area contributed by atoms with Crippen LogP contribution in [-0.4, -0.2) is 26.8 Å². The summed E-state index contributed by atoms with van der Waals surface area (Å²) in [6.07, 6.45) is 4.66. The number of nitrogens with zero attached hydrogens (tertiary/aromatic N) is 3. The number of aromatic nitrogens is 3. The van der Waals surface area contributed by atoms with Gasteiger partial charge in [0.1, 0.15) is 23.3 Å². The summed E-state index contributed by atoms with van der Waals surface area (Å²) in [5.41, 5.74) is 3.83. The number of pyridine rings is 1. The molecule has 7 nitrogen and oxygen atoms in total. The van der Waals surface area contributed by atoms with Crippen molar-refractivity contribution in [1.82, 2.24) is 14.8 Å². The van der Waals surface area contributed by atoms with Crippen LogP contribution in [0.2, 0.25) is 0 Å². The highest BCUT2D eigenvalue weighted by Crippen LogP contribution is 2.25. The van der Waals surface area contributed by atoms with Gasteiger partial charge in [-0.05, 0) is 41.0 Å². The first-order chi connectivity index (χ1) is 15.6. The van der Waals surface area contributed by atoms with E-state index < -0.39 is 0 Å². The summed E-state index contributed by atoms with van der Waals surface area (Å²) in [6, 6.07) is 20.0. The van der Waals surface area contributed by atoms with Gasteiger partial charge in [0.2, 0.25) is 0 Å². The van der Waals surface area contributed by atoms with Gasteiger partial charge in [-0.3, -0.25) is 10.1 Å². The van der Waals surface area contributed by atoms with Gasteiger partial charge in [0.15, 0.2) is 0 Å². The van der Waals surface area contributed by atoms with Gasteiger partial charge in [-0.2, -0.15) is 5.10 Å². The van der Waals surface area contributed by atoms with Crippen molar-refractivity contribution in [3.63, 3.8) is 0 Å². The van der Waals surface area contributed by atoms with E-state index in [9.17, 15) is 4.39 Å². The molecular weight excluding hydrogens is 405 g/mol. The number of anilines is 2. The molecule has 0 bridgehead atoms. The van der Waals surface area contributed by atoms with E-state index in [0.717, 1.165) is 28.5 Å². The molecule has 0 amide bonds. The molecule has 0 aliphatic heterocycles. The van der Waals surface area contributed by atoms with Crippen LogP contribution in [0.5, 0.6) is 0 Å². The van der Waals surface area contributed by atoms with E-state index in [-0.39, 0.29) is 11.7 Å². The second-order valence-corrected chi connectivity index (χ2v) is 7.20. The summed E-state index contributed by atoms with van der Waals surface area (Å²) in [6.45, 7) is 1.12. The van der Waals surface area contributed by atoms with Crippen molar-refractivity contribution in [3.8, 4) is 11.1 Å². The third-order valence-electron chi connectivity index (χ3n) is 4.77. The van der Waals surface area contributed by atoms with Crippen LogP contribution >= 0.6 is 0 Å². The van der Waals surface area contributed by atoms with Gasteiger partial charge in [0, 0.05) is 18.3 Å². The van der Waals surface area contributed by atoms with Gasteiger partial charge >= 0.3 is 0 Å². The number of nitrogens with one attached hydrogen (secondary N) is 4. The smallest absolute Gasteiger partial charge is 0.141 e. The van der Waals surface area contributed by atoms with E-state index in [1.165, 1.54) is 12.1 Å². The Bertz CT molecular complexity index is 1220. The summed E-state index contributed by atoms with van der Waals surface area (Å²) < 4.78 is 15.0. The molecule has 0 saturated heterocycles. The number of hydrogen-bond acceptors (Lipinski definition) is 5. The quantitative estimate of drug-likeness (QED) is 0.240. The molecule has 2 heterocycles. The highest BCUT2D eigenvalue weighted by Gasteiger charge is 2.09. The van der Waals surface area contributed by atoms with Gasteiger partial charge in [-0.1, -0.05) is 42.5 Å². The molecule has 0 spiro atoms. The van der Waals surface area contributed by atoms with Crippen LogP contribution in [0, 0.1) is 16.6 Å². The van der Waals surface area contributed by atoms with Crippen LogP contribution in [0.4, 0.5) is 16.0 Å². The molecule has 4 aromatic rings. The Hall–Kier alpha value is -4.33. The fourth-order valence-corrected chi connectivity index (χ4v) is 3.19. The van der Waals surface area contributed by atoms with Crippen molar-refractivity contribution >= 4 is 23.7 Å². The Morgan fingerprint density at radius 1 is 0.969 bits per heavy atom. The van der Waals surface area contributed by atoms with E-state index in [1.807, 2.05) is 41.2 Å². The number of amidine groups is 1. The molecule has 32 heavy (non-hydrogen) atoms. The molecule has 0 fully saturated rings. The average molecular weight is 427 g/mol. The monoisotopic (exact) mass is 427 g/mol. The minimum Gasteiger partial charge on any atom is -0.366 e. The zero-order valence-electron chi connectivity index (χ0n) is 17.2. The molecule has 0 aliphatic rings. The summed E-state index contributed by atoms with van der Waals surface area (Å²) in [5.74, 6) is 0.674. The second kappa shape index (κ2) is 9.65. The van der Waals surface area contributed by atoms with Gasteiger partial charge in [-0.25, -0.2) is 9.37 Å². The van der Waals surface area contributed by atoms with Crippen molar-refractivity contribution in [3.05, 3.63) is 96.1 Å². The number of benzene rings is 2. The molecule has 4 N–H and O–H groups in total. The third-order valence-corrected chi connectivity index (χ3v) is 4.77. The van der Waals surface area contributed by atoms with Crippen molar-refractivity contribution < 1.29 is 4.39 Å². The maximum Gasteiger partial charge on any atom is 0.141 e. The molecular formula is C24H22FN7. The predicted octanol–water partition coefficient (Wildman–Crippen LogP) is 4.78. The number of hydrogen-bond donors (Lipinski definition) is 4. The molecule has 2 aromatic carbocycles. The van der Waals surface area contributed by atoms with E-state index in [0.29, 0.717) is 24.7 Å². The maximum atomic E-state index is 13.2. The number of rotatable bonds is 8. The summed E-state index contributed by atoms with van der Waals surface area (Å²) in [7, 11) is 0. The minimum absolute atomic E-state index is 0.0705. The lowest BCUT2D eigenvalue weighted by atomic mass is 10.1. The molecule has 0 saturated carbocycles. The maximum absolute atomic E-state index is 13.2. The predicted molar refractivity (Wildman–Crippen MR) is 125 cm³/mol. The third kappa shape index (κ3) is 5.42. The van der Waals surface area contributed by atoms with Gasteiger partial charge in [0.25, 0.3) is 0 Å². The van der Waals surface area contributed by atoms with Crippen molar-refractivity contribution in [2.24, 2.45) is 0 Å². The lowest BCUT2D eigenvalue weighted by Gasteiger charge is -2.11. The summed E-state index contributed by atoms with van der Waals surface area (Å²) in [5, 5.41) is 25.5. The molecule has 0 aliphatic carbocycles. The van der Waals surface area contributed by atoms with Crippen molar-refractivity contribution in [2.75, 3.05) is 10.6 Å². The lowest BCUT2D eigenvalue weighted by Crippen LogP contribution is -2.13. The standard InChI is InChI=1S/C24H22FN7/c25-21-8-6-17(7-9-21)13-28-23-10-19(11-24(31-23)30-22(27)12-26)20-14-29-32(16-20)15-18-4-2-1-3-5-18/h1-12,14,16,26H,13,15H2,(H3,27,28,30,31). The van der Waals surface area contributed by atoms with E-state index in [2.05, 4.69) is 32.8 Å². The van der Waals surface area contributed by atoms with Crippen LogP contribution < -0.4 is 10.6 Å². The fraction of sp³-hybridized carbons (Fsp3) is 0.0833. The Morgan fingerprint density at radius 3 is 2.47 bits per heavy atom. The average Bonchev–Trinajstić information content (AvgIpc) is 3.28. The normalized spacial score (nSPS) is 10.5. The van der Waals surface area contributed by atoms with E-state index >= 15 is 0 Å². The van der Waals surface area contributed by atoms with Gasteiger partial charge in [-0.15, -0.1) is 0 Å². The van der Waals surface area contributed by atoms with Gasteiger partial charge in [0.05, 0.1) is 19.0 Å². The molecule has 8 heteroatoms. The van der Waals surface area contributed by atoms with Gasteiger partial charge < -0.3 is 16.0 Å². The van der Waals surface area contributed by atoms with E-state index in [4.69, 9.17) is 10.8 Å². The molecule has 4 rings (SSSR count). The van der Waals surface area contributed by atoms with Crippen LogP contribution in [-0.2, 0) is 13.1 Å². The Morgan fingerprint density at radius 2 is 1.72 bits per heavy atom. The molecule has 0 atom stereocenters. The summed E-state index contributed by atoms with van der Waals surface area (Å²) >= 11 is 0. The lowest BCUT2D eigenvalue weighted by molar-refractivity contribution is 0.627. The SMILES string of the molecule is N=CC(=N)Nc1cc(-c2cnn(Cc3ccccc3)c2)cc(NCc2ccc(F)cc2)n1. The highest BCUT2D eigenvalue weighted by molar-refractivity contribution is 6.32. The Balaban J connectivity index is 1.58. The summed E-state index contributed by atoms with van der Waals surface area (Å²) in [4.78, 5) is 4.49. The molecule has 0 radical (unpaired) electrons. The van der Waals surface area contributed by atoms with E-state index in [1.54, 1.807) is 18.3 Å². The zero-order valence-corrected chi connectivity index (χ0v) is 17.2. The highest BCUT2D eigenvalue weighted by atomic mass is 19.1. The molecule has 2 aromatic heterocycles. The molecule has 160 valence electrons. The first-order valence-electron chi connectivity index (χ1n) is 10.0. The first-order valence-corrected chi connectivity index (χ1v) is 10.0. The number of halogens is 1. The van der Waals surface area contributed by atoms with Crippen LogP contribution in [0.1, 0.15) is 11.1 Å².